The summed E-state index contributed by atoms with van der Waals surface area (Å²) in [7, 11) is 0. The first kappa shape index (κ1) is 15.3. The Morgan fingerprint density at radius 3 is 2.67 bits per heavy atom. The predicted molar refractivity (Wildman–Crippen MR) is 67.1 cm³/mol. The van der Waals surface area contributed by atoms with Gasteiger partial charge in [-0.05, 0) is 12.1 Å². The van der Waals surface area contributed by atoms with Gasteiger partial charge in [0.15, 0.2) is 0 Å². The van der Waals surface area contributed by atoms with Crippen LogP contribution in [0.2, 0.25) is 5.02 Å². The number of carbonyl (C=O) groups is 1. The van der Waals surface area contributed by atoms with E-state index in [-0.39, 0.29) is 17.1 Å². The van der Waals surface area contributed by atoms with Crippen LogP contribution in [0.1, 0.15) is 10.4 Å². The van der Waals surface area contributed by atoms with Gasteiger partial charge in [-0.2, -0.15) is 0 Å². The van der Waals surface area contributed by atoms with Gasteiger partial charge < -0.3 is 4.90 Å². The fourth-order valence-electron chi connectivity index (χ4n) is 1.38. The average Bonchev–Trinajstić information content (AvgIpc) is 2.31. The molecular formula is C11H10BrClF3NO. The third-order valence-corrected chi connectivity index (χ3v) is 2.92. The topological polar surface area (TPSA) is 20.3 Å². The summed E-state index contributed by atoms with van der Waals surface area (Å²) in [5.74, 6) is -1.46. The SMILES string of the molecule is O=C(c1cccc(F)c1Cl)N(CCBr)CC(F)F. The minimum Gasteiger partial charge on any atom is -0.332 e. The molecule has 0 fully saturated rings. The Hall–Kier alpha value is -0.750. The van der Waals surface area contributed by atoms with Crippen LogP contribution in [0, 0.1) is 5.82 Å². The van der Waals surface area contributed by atoms with Crippen molar-refractivity contribution in [3.63, 3.8) is 0 Å². The van der Waals surface area contributed by atoms with Gasteiger partial charge in [0.1, 0.15) is 5.82 Å². The largest absolute Gasteiger partial charge is 0.332 e. The van der Waals surface area contributed by atoms with Gasteiger partial charge >= 0.3 is 0 Å². The summed E-state index contributed by atoms with van der Waals surface area (Å²) < 4.78 is 37.9. The minimum atomic E-state index is -2.65. The molecular weight excluding hydrogens is 334 g/mol. The van der Waals surface area contributed by atoms with Crippen molar-refractivity contribution in [1.29, 1.82) is 0 Å². The molecule has 0 N–H and O–H groups in total. The fraction of sp³-hybridized carbons (Fsp3) is 0.364. The molecule has 1 aromatic carbocycles. The number of alkyl halides is 3. The van der Waals surface area contributed by atoms with E-state index in [9.17, 15) is 18.0 Å². The number of benzene rings is 1. The first-order chi connectivity index (χ1) is 8.47. The maximum absolute atomic E-state index is 13.2. The molecule has 0 unspecified atom stereocenters. The van der Waals surface area contributed by atoms with Crippen LogP contribution in [0.3, 0.4) is 0 Å². The summed E-state index contributed by atoms with van der Waals surface area (Å²) in [4.78, 5) is 12.9. The number of nitrogens with zero attached hydrogens (tertiary/aromatic N) is 1. The standard InChI is InChI=1S/C11H10BrClF3NO/c12-4-5-17(6-9(15)16)11(18)7-2-1-3-8(14)10(7)13/h1-3,9H,4-6H2. The van der Waals surface area contributed by atoms with Crippen molar-refractivity contribution in [1.82, 2.24) is 4.90 Å². The van der Waals surface area contributed by atoms with Crippen LogP contribution in [0.25, 0.3) is 0 Å². The van der Waals surface area contributed by atoms with Crippen LogP contribution in [-0.4, -0.2) is 35.7 Å². The Morgan fingerprint density at radius 2 is 2.11 bits per heavy atom. The molecule has 0 aliphatic rings. The maximum Gasteiger partial charge on any atom is 0.255 e. The van der Waals surface area contributed by atoms with Crippen LogP contribution in [0.15, 0.2) is 18.2 Å². The smallest absolute Gasteiger partial charge is 0.255 e. The van der Waals surface area contributed by atoms with Gasteiger partial charge in [0.25, 0.3) is 12.3 Å². The highest BCUT2D eigenvalue weighted by atomic mass is 79.9. The maximum atomic E-state index is 13.2. The number of amides is 1. The Balaban J connectivity index is 2.98. The van der Waals surface area contributed by atoms with E-state index < -0.39 is 24.7 Å². The molecule has 0 aliphatic heterocycles. The van der Waals surface area contributed by atoms with Gasteiger partial charge in [0.05, 0.1) is 17.1 Å². The average molecular weight is 345 g/mol. The monoisotopic (exact) mass is 343 g/mol. The number of rotatable bonds is 5. The van der Waals surface area contributed by atoms with Crippen molar-refractivity contribution in [2.24, 2.45) is 0 Å². The minimum absolute atomic E-state index is 0.0933. The lowest BCUT2D eigenvalue weighted by molar-refractivity contribution is 0.0572. The van der Waals surface area contributed by atoms with E-state index in [2.05, 4.69) is 15.9 Å². The molecule has 1 amide bonds. The normalized spacial score (nSPS) is 10.8. The van der Waals surface area contributed by atoms with Crippen molar-refractivity contribution in [2.45, 2.75) is 6.43 Å². The zero-order valence-electron chi connectivity index (χ0n) is 9.18. The summed E-state index contributed by atoms with van der Waals surface area (Å²) in [5.41, 5.74) is -0.113. The molecule has 0 radical (unpaired) electrons. The summed E-state index contributed by atoms with van der Waals surface area (Å²) in [6.45, 7) is -0.618. The molecule has 100 valence electrons. The second kappa shape index (κ2) is 6.99. The van der Waals surface area contributed by atoms with Crippen molar-refractivity contribution < 1.29 is 18.0 Å². The van der Waals surface area contributed by atoms with Gasteiger partial charge in [0, 0.05) is 11.9 Å². The van der Waals surface area contributed by atoms with E-state index in [4.69, 9.17) is 11.6 Å². The summed E-state index contributed by atoms with van der Waals surface area (Å²) in [6, 6.07) is 3.71. The molecule has 0 saturated carbocycles. The number of carbonyl (C=O) groups excluding carboxylic acids is 1. The first-order valence-corrected chi connectivity index (χ1v) is 6.54. The van der Waals surface area contributed by atoms with Crippen LogP contribution in [-0.2, 0) is 0 Å². The highest BCUT2D eigenvalue weighted by Gasteiger charge is 2.22. The number of hydrogen-bond donors (Lipinski definition) is 0. The van der Waals surface area contributed by atoms with Crippen molar-refractivity contribution in [3.8, 4) is 0 Å². The van der Waals surface area contributed by atoms with Crippen LogP contribution in [0.5, 0.6) is 0 Å². The molecule has 0 bridgehead atoms. The van der Waals surface area contributed by atoms with Gasteiger partial charge in [-0.3, -0.25) is 4.79 Å². The molecule has 0 spiro atoms. The molecule has 1 aromatic rings. The highest BCUT2D eigenvalue weighted by Crippen LogP contribution is 2.21. The Bertz CT molecular complexity index is 431. The molecule has 18 heavy (non-hydrogen) atoms. The molecule has 0 atom stereocenters. The van der Waals surface area contributed by atoms with E-state index in [1.54, 1.807) is 0 Å². The number of hydrogen-bond acceptors (Lipinski definition) is 1. The quantitative estimate of drug-likeness (QED) is 0.748. The highest BCUT2D eigenvalue weighted by molar-refractivity contribution is 9.09. The Kier molecular flexibility index (Phi) is 5.95. The van der Waals surface area contributed by atoms with E-state index in [0.717, 1.165) is 11.0 Å². The van der Waals surface area contributed by atoms with E-state index in [1.807, 2.05) is 0 Å². The molecule has 0 aromatic heterocycles. The lowest BCUT2D eigenvalue weighted by Gasteiger charge is -2.21. The summed E-state index contributed by atoms with van der Waals surface area (Å²) in [5, 5.41) is -0.00498. The lowest BCUT2D eigenvalue weighted by atomic mass is 10.2. The molecule has 7 heteroatoms. The van der Waals surface area contributed by atoms with Gasteiger partial charge in [-0.1, -0.05) is 33.6 Å². The predicted octanol–water partition coefficient (Wildman–Crippen LogP) is 3.58. The van der Waals surface area contributed by atoms with Crippen LogP contribution in [0.4, 0.5) is 13.2 Å². The van der Waals surface area contributed by atoms with Crippen LogP contribution >= 0.6 is 27.5 Å². The molecule has 2 nitrogen and oxygen atoms in total. The van der Waals surface area contributed by atoms with Crippen LogP contribution < -0.4 is 0 Å². The van der Waals surface area contributed by atoms with Crippen molar-refractivity contribution in [3.05, 3.63) is 34.6 Å². The molecule has 0 heterocycles. The molecule has 0 saturated heterocycles. The Morgan fingerprint density at radius 1 is 1.44 bits per heavy atom. The van der Waals surface area contributed by atoms with Crippen molar-refractivity contribution >= 4 is 33.4 Å². The van der Waals surface area contributed by atoms with Gasteiger partial charge in [0.2, 0.25) is 0 Å². The van der Waals surface area contributed by atoms with Gasteiger partial charge in [-0.25, -0.2) is 13.2 Å². The van der Waals surface area contributed by atoms with E-state index >= 15 is 0 Å². The first-order valence-electron chi connectivity index (χ1n) is 5.04. The third-order valence-electron chi connectivity index (χ3n) is 2.18. The number of halogens is 5. The zero-order valence-corrected chi connectivity index (χ0v) is 11.5. The summed E-state index contributed by atoms with van der Waals surface area (Å²) >= 11 is 8.72. The lowest BCUT2D eigenvalue weighted by Crippen LogP contribution is -2.36. The second-order valence-corrected chi connectivity index (χ2v) is 4.60. The zero-order chi connectivity index (χ0) is 13.7. The molecule has 0 aliphatic carbocycles. The Labute approximate surface area is 116 Å². The second-order valence-electron chi connectivity index (χ2n) is 3.43. The molecule has 1 rings (SSSR count). The van der Waals surface area contributed by atoms with Gasteiger partial charge in [-0.15, -0.1) is 0 Å². The summed E-state index contributed by atoms with van der Waals surface area (Å²) in [6.07, 6.45) is -2.65. The fourth-order valence-corrected chi connectivity index (χ4v) is 2.02. The third kappa shape index (κ3) is 3.88. The van der Waals surface area contributed by atoms with E-state index in [1.165, 1.54) is 12.1 Å². The van der Waals surface area contributed by atoms with E-state index in [0.29, 0.717) is 5.33 Å². The van der Waals surface area contributed by atoms with Crippen molar-refractivity contribution in [2.75, 3.05) is 18.4 Å².